The van der Waals surface area contributed by atoms with E-state index < -0.39 is 97.5 Å². The summed E-state index contributed by atoms with van der Waals surface area (Å²) in [5.74, 6) is 0.911. The van der Waals surface area contributed by atoms with Gasteiger partial charge in [0, 0.05) is 25.7 Å². The van der Waals surface area contributed by atoms with Crippen LogP contribution in [0.4, 0.5) is 0 Å². The molecule has 5 unspecified atom stereocenters. The molecule has 0 spiro atoms. The average molecular weight is 1370 g/mol. The van der Waals surface area contributed by atoms with Crippen LogP contribution in [0.15, 0.2) is 0 Å². The van der Waals surface area contributed by atoms with Crippen molar-refractivity contribution < 1.29 is 80.2 Å². The molecule has 0 amide bonds. The fourth-order valence-electron chi connectivity index (χ4n) is 11.1. The van der Waals surface area contributed by atoms with Gasteiger partial charge in [-0.3, -0.25) is 37.3 Å². The topological polar surface area (TPSA) is 237 Å². The second-order valence-electron chi connectivity index (χ2n) is 27.9. The van der Waals surface area contributed by atoms with Crippen LogP contribution in [0.1, 0.15) is 370 Å². The van der Waals surface area contributed by atoms with Gasteiger partial charge in [-0.25, -0.2) is 9.13 Å². The lowest BCUT2D eigenvalue weighted by Gasteiger charge is -2.21. The number of rotatable bonds is 71. The summed E-state index contributed by atoms with van der Waals surface area (Å²) >= 11 is 0. The Balaban J connectivity index is 5.12. The Morgan fingerprint density at radius 3 is 0.763 bits per heavy atom. The Labute approximate surface area is 568 Å². The molecular weight excluding hydrogens is 1220 g/mol. The lowest BCUT2D eigenvalue weighted by molar-refractivity contribution is -0.161. The molecule has 8 atom stereocenters. The minimum Gasteiger partial charge on any atom is -0.462 e. The number of ether oxygens (including phenoxy) is 4. The molecule has 0 aliphatic carbocycles. The van der Waals surface area contributed by atoms with Crippen LogP contribution >= 0.6 is 15.6 Å². The number of esters is 4. The van der Waals surface area contributed by atoms with Gasteiger partial charge in [-0.05, 0) is 49.4 Å². The summed E-state index contributed by atoms with van der Waals surface area (Å²) in [5, 5.41) is 10.6. The summed E-state index contributed by atoms with van der Waals surface area (Å²) in [6, 6.07) is 0. The van der Waals surface area contributed by atoms with E-state index in [1.54, 1.807) is 0 Å². The fraction of sp³-hybridized carbons (Fsp3) is 0.946. The van der Waals surface area contributed by atoms with E-state index in [0.717, 1.165) is 114 Å². The molecule has 19 heteroatoms. The molecule has 0 fully saturated rings. The second kappa shape index (κ2) is 63.5. The largest absolute Gasteiger partial charge is 0.472 e. The van der Waals surface area contributed by atoms with Crippen LogP contribution in [0.25, 0.3) is 0 Å². The summed E-state index contributed by atoms with van der Waals surface area (Å²) in [6.45, 7) is 14.1. The second-order valence-corrected chi connectivity index (χ2v) is 30.8. The van der Waals surface area contributed by atoms with E-state index in [1.807, 2.05) is 0 Å². The molecule has 17 nitrogen and oxygen atoms in total. The first-order valence-corrected chi connectivity index (χ1v) is 41.3. The van der Waals surface area contributed by atoms with E-state index in [4.69, 9.17) is 37.0 Å². The van der Waals surface area contributed by atoms with Crippen LogP contribution in [-0.4, -0.2) is 96.7 Å². The number of aliphatic hydroxyl groups is 1. The zero-order chi connectivity index (χ0) is 68.9. The van der Waals surface area contributed by atoms with Gasteiger partial charge in [0.05, 0.1) is 26.4 Å². The summed E-state index contributed by atoms with van der Waals surface area (Å²) in [5.41, 5.74) is 0. The Morgan fingerprint density at radius 1 is 0.301 bits per heavy atom. The van der Waals surface area contributed by atoms with Crippen LogP contribution in [0.2, 0.25) is 0 Å². The summed E-state index contributed by atoms with van der Waals surface area (Å²) in [6.07, 6.45) is 47.5. The zero-order valence-electron chi connectivity index (χ0n) is 60.9. The van der Waals surface area contributed by atoms with Gasteiger partial charge in [0.1, 0.15) is 19.3 Å². The van der Waals surface area contributed by atoms with E-state index in [2.05, 4.69) is 55.4 Å². The number of aliphatic hydroxyl groups excluding tert-OH is 1. The third kappa shape index (κ3) is 64.5. The van der Waals surface area contributed by atoms with Crippen molar-refractivity contribution in [3.8, 4) is 0 Å². The third-order valence-corrected chi connectivity index (χ3v) is 20.1. The third-order valence-electron chi connectivity index (χ3n) is 18.2. The summed E-state index contributed by atoms with van der Waals surface area (Å²) < 4.78 is 68.3. The number of hydrogen-bond acceptors (Lipinski definition) is 15. The molecule has 0 aromatic carbocycles. The van der Waals surface area contributed by atoms with Crippen LogP contribution in [-0.2, 0) is 65.4 Å². The van der Waals surface area contributed by atoms with Gasteiger partial charge in [-0.15, -0.1) is 0 Å². The maximum absolute atomic E-state index is 13.0. The van der Waals surface area contributed by atoms with E-state index in [0.29, 0.717) is 31.6 Å². The van der Waals surface area contributed by atoms with E-state index in [9.17, 15) is 43.2 Å². The molecule has 93 heavy (non-hydrogen) atoms. The molecule has 0 aromatic heterocycles. The Bertz CT molecular complexity index is 1840. The van der Waals surface area contributed by atoms with E-state index >= 15 is 0 Å². The number of carbonyl (C=O) groups excluding carboxylic acids is 4. The van der Waals surface area contributed by atoms with Crippen molar-refractivity contribution in [3.63, 3.8) is 0 Å². The average Bonchev–Trinajstić information content (AvgIpc) is 2.76. The molecule has 0 saturated heterocycles. The van der Waals surface area contributed by atoms with Crippen molar-refractivity contribution in [1.29, 1.82) is 0 Å². The highest BCUT2D eigenvalue weighted by Gasteiger charge is 2.30. The Hall–Kier alpha value is -1.94. The van der Waals surface area contributed by atoms with Crippen LogP contribution in [0, 0.1) is 23.7 Å². The van der Waals surface area contributed by atoms with Gasteiger partial charge in [0.2, 0.25) is 0 Å². The molecule has 552 valence electrons. The number of phosphoric ester groups is 2. The van der Waals surface area contributed by atoms with Crippen molar-refractivity contribution in [2.24, 2.45) is 23.7 Å². The normalized spacial score (nSPS) is 15.1. The standard InChI is InChI=1S/C74H144O17P2/c1-9-65(6)51-43-35-26-22-20-18-16-14-12-13-15-17-19-21-23-28-38-46-54-71(76)84-60-70(91-74(79)57-49-41-33-31-37-45-53-67(8)11-3)63-89-93(82,83)87-59-68(75)58-86-92(80,81)88-62-69(61-85-72(77)55-47-39-32-30-34-42-50-64(4)5)90-73(78)56-48-40-29-25-24-27-36-44-52-66(7)10-2/h64-70,75H,9-63H2,1-8H3,(H,80,81)(H,82,83)/t65?,66?,67?,68-,69+,70+/m0/s1. The lowest BCUT2D eigenvalue weighted by Crippen LogP contribution is -2.30. The van der Waals surface area contributed by atoms with Gasteiger partial charge in [0.15, 0.2) is 12.2 Å². The monoisotopic (exact) mass is 1370 g/mol. The smallest absolute Gasteiger partial charge is 0.462 e. The van der Waals surface area contributed by atoms with Gasteiger partial charge in [-0.2, -0.15) is 0 Å². The van der Waals surface area contributed by atoms with Crippen molar-refractivity contribution >= 4 is 39.5 Å². The van der Waals surface area contributed by atoms with E-state index in [1.165, 1.54) is 167 Å². The Morgan fingerprint density at radius 2 is 0.516 bits per heavy atom. The predicted octanol–water partition coefficient (Wildman–Crippen LogP) is 21.3. The fourth-order valence-corrected chi connectivity index (χ4v) is 12.7. The highest BCUT2D eigenvalue weighted by molar-refractivity contribution is 7.47. The first-order chi connectivity index (χ1) is 44.7. The van der Waals surface area contributed by atoms with Gasteiger partial charge in [-0.1, -0.05) is 319 Å². The van der Waals surface area contributed by atoms with Crippen molar-refractivity contribution in [2.75, 3.05) is 39.6 Å². The molecule has 0 bridgehead atoms. The number of unbranched alkanes of at least 4 members (excludes halogenated alkanes) is 34. The van der Waals surface area contributed by atoms with Crippen LogP contribution < -0.4 is 0 Å². The van der Waals surface area contributed by atoms with Crippen molar-refractivity contribution in [3.05, 3.63) is 0 Å². The first-order valence-electron chi connectivity index (χ1n) is 38.3. The van der Waals surface area contributed by atoms with E-state index in [-0.39, 0.29) is 25.7 Å². The number of carbonyl (C=O) groups is 4. The molecule has 0 saturated carbocycles. The molecule has 0 aromatic rings. The maximum Gasteiger partial charge on any atom is 0.472 e. The Kier molecular flexibility index (Phi) is 62.2. The van der Waals surface area contributed by atoms with Crippen molar-refractivity contribution in [1.82, 2.24) is 0 Å². The molecule has 0 rings (SSSR count). The highest BCUT2D eigenvalue weighted by Crippen LogP contribution is 2.45. The molecule has 0 aliphatic heterocycles. The zero-order valence-corrected chi connectivity index (χ0v) is 62.7. The lowest BCUT2D eigenvalue weighted by atomic mass is 9.99. The van der Waals surface area contributed by atoms with Crippen LogP contribution in [0.5, 0.6) is 0 Å². The van der Waals surface area contributed by atoms with Gasteiger partial charge in [0.25, 0.3) is 0 Å². The molecule has 0 radical (unpaired) electrons. The molecule has 0 heterocycles. The highest BCUT2D eigenvalue weighted by atomic mass is 31.2. The van der Waals surface area contributed by atoms with Crippen LogP contribution in [0.3, 0.4) is 0 Å². The molecule has 0 aliphatic rings. The minimum atomic E-state index is -4.95. The predicted molar refractivity (Wildman–Crippen MR) is 377 cm³/mol. The van der Waals surface area contributed by atoms with Gasteiger partial charge >= 0.3 is 39.5 Å². The molecular formula is C74H144O17P2. The summed E-state index contributed by atoms with van der Waals surface area (Å²) in [7, 11) is -9.91. The van der Waals surface area contributed by atoms with Gasteiger partial charge < -0.3 is 33.8 Å². The minimum absolute atomic E-state index is 0.103. The SMILES string of the molecule is CCC(C)CCCCCCCCCCCCCCCCCCCCC(=O)OC[C@H](COP(=O)(O)OC[C@@H](O)COP(=O)(O)OC[C@@H](COC(=O)CCCCCCCCC(C)C)OC(=O)CCCCCCCCCCC(C)CC)OC(=O)CCCCCCCCC(C)CC. The number of hydrogen-bond donors (Lipinski definition) is 3. The summed E-state index contributed by atoms with van der Waals surface area (Å²) in [4.78, 5) is 72.6. The first kappa shape index (κ1) is 91.1. The molecule has 3 N–H and O–H groups in total. The van der Waals surface area contributed by atoms with Crippen molar-refractivity contribution in [2.45, 2.75) is 388 Å². The number of phosphoric acid groups is 2. The maximum atomic E-state index is 13.0. The quantitative estimate of drug-likeness (QED) is 0.0222.